The van der Waals surface area contributed by atoms with Gasteiger partial charge in [-0.05, 0) is 35.9 Å². The molecule has 1 amide bonds. The highest BCUT2D eigenvalue weighted by Crippen LogP contribution is 2.16. The number of benzene rings is 2. The maximum atomic E-state index is 11.1. The summed E-state index contributed by atoms with van der Waals surface area (Å²) in [4.78, 5) is 11.1. The number of anilines is 2. The van der Waals surface area contributed by atoms with Gasteiger partial charge in [0.15, 0.2) is 0 Å². The molecular formula is C16H15N3O2. The van der Waals surface area contributed by atoms with Gasteiger partial charge in [0.05, 0.1) is 18.7 Å². The van der Waals surface area contributed by atoms with Gasteiger partial charge in [-0.1, -0.05) is 18.2 Å². The lowest BCUT2D eigenvalue weighted by Crippen LogP contribution is -2.10. The third-order valence-electron chi connectivity index (χ3n) is 2.94. The molecule has 0 fully saturated rings. The summed E-state index contributed by atoms with van der Waals surface area (Å²) in [5.41, 5.74) is 3.16. The fourth-order valence-corrected chi connectivity index (χ4v) is 1.82. The van der Waals surface area contributed by atoms with Crippen LogP contribution in [0.4, 0.5) is 16.2 Å². The van der Waals surface area contributed by atoms with Crippen molar-refractivity contribution in [2.24, 2.45) is 0 Å². The molecule has 0 saturated heterocycles. The predicted octanol–water partition coefficient (Wildman–Crippen LogP) is 3.35. The Kier molecular flexibility index (Phi) is 4.78. The molecule has 0 aliphatic rings. The lowest BCUT2D eigenvalue weighted by molar-refractivity contribution is 0.187. The van der Waals surface area contributed by atoms with Gasteiger partial charge < -0.3 is 10.1 Å². The number of hydrogen-bond donors (Lipinski definition) is 2. The van der Waals surface area contributed by atoms with Gasteiger partial charge in [-0.15, -0.1) is 0 Å². The number of rotatable bonds is 4. The molecule has 5 nitrogen and oxygen atoms in total. The number of hydrogen-bond acceptors (Lipinski definition) is 4. The van der Waals surface area contributed by atoms with Crippen LogP contribution in [-0.4, -0.2) is 13.2 Å². The van der Waals surface area contributed by atoms with Crippen molar-refractivity contribution in [1.82, 2.24) is 0 Å². The van der Waals surface area contributed by atoms with Crippen molar-refractivity contribution in [3.05, 3.63) is 59.7 Å². The molecule has 21 heavy (non-hydrogen) atoms. The molecule has 0 bridgehead atoms. The summed E-state index contributed by atoms with van der Waals surface area (Å²) in [6, 6.07) is 16.9. The van der Waals surface area contributed by atoms with Crippen LogP contribution in [0, 0.1) is 11.3 Å². The van der Waals surface area contributed by atoms with Crippen LogP contribution in [0.2, 0.25) is 0 Å². The minimum Gasteiger partial charge on any atom is -0.453 e. The second kappa shape index (κ2) is 6.96. The average Bonchev–Trinajstić information content (AvgIpc) is 2.54. The zero-order valence-electron chi connectivity index (χ0n) is 11.6. The molecule has 2 N–H and O–H groups in total. The Morgan fingerprint density at radius 3 is 2.48 bits per heavy atom. The van der Waals surface area contributed by atoms with Gasteiger partial charge in [0, 0.05) is 17.9 Å². The van der Waals surface area contributed by atoms with Crippen LogP contribution in [0.1, 0.15) is 11.1 Å². The van der Waals surface area contributed by atoms with Crippen molar-refractivity contribution in [3.8, 4) is 6.07 Å². The second-order valence-corrected chi connectivity index (χ2v) is 4.32. The summed E-state index contributed by atoms with van der Waals surface area (Å²) in [6.45, 7) is 0.563. The van der Waals surface area contributed by atoms with E-state index in [1.165, 1.54) is 7.11 Å². The zero-order chi connectivity index (χ0) is 15.1. The van der Waals surface area contributed by atoms with E-state index < -0.39 is 6.09 Å². The molecule has 2 aromatic carbocycles. The fraction of sp³-hybridized carbons (Fsp3) is 0.125. The van der Waals surface area contributed by atoms with Gasteiger partial charge in [-0.3, -0.25) is 5.32 Å². The highest BCUT2D eigenvalue weighted by Gasteiger charge is 2.02. The monoisotopic (exact) mass is 281 g/mol. The first-order chi connectivity index (χ1) is 10.2. The minimum absolute atomic E-state index is 0.501. The zero-order valence-corrected chi connectivity index (χ0v) is 11.6. The molecule has 106 valence electrons. The van der Waals surface area contributed by atoms with Crippen LogP contribution in [0.25, 0.3) is 0 Å². The van der Waals surface area contributed by atoms with Crippen molar-refractivity contribution in [2.45, 2.75) is 6.54 Å². The molecule has 0 radical (unpaired) electrons. The van der Waals surface area contributed by atoms with Crippen LogP contribution >= 0.6 is 0 Å². The number of amides is 1. The van der Waals surface area contributed by atoms with E-state index in [9.17, 15) is 4.79 Å². The topological polar surface area (TPSA) is 74.2 Å². The Balaban J connectivity index is 1.98. The average molecular weight is 281 g/mol. The first-order valence-corrected chi connectivity index (χ1v) is 6.40. The first-order valence-electron chi connectivity index (χ1n) is 6.40. The molecule has 0 spiro atoms. The summed E-state index contributed by atoms with van der Waals surface area (Å²) < 4.78 is 4.52. The van der Waals surface area contributed by atoms with E-state index in [4.69, 9.17) is 5.26 Å². The normalized spacial score (nSPS) is 9.52. The number of ether oxygens (including phenoxy) is 1. The quantitative estimate of drug-likeness (QED) is 0.901. The lowest BCUT2D eigenvalue weighted by atomic mass is 10.1. The third-order valence-corrected chi connectivity index (χ3v) is 2.94. The summed E-state index contributed by atoms with van der Waals surface area (Å²) in [7, 11) is 1.32. The Hall–Kier alpha value is -3.00. The van der Waals surface area contributed by atoms with Crippen molar-refractivity contribution < 1.29 is 9.53 Å². The highest BCUT2D eigenvalue weighted by molar-refractivity contribution is 5.84. The summed E-state index contributed by atoms with van der Waals surface area (Å²) in [6.07, 6.45) is -0.501. The van der Waals surface area contributed by atoms with E-state index in [1.807, 2.05) is 30.3 Å². The van der Waals surface area contributed by atoms with Crippen molar-refractivity contribution in [3.63, 3.8) is 0 Å². The number of nitrogens with zero attached hydrogens (tertiary/aromatic N) is 1. The van der Waals surface area contributed by atoms with Gasteiger partial charge in [0.25, 0.3) is 0 Å². The van der Waals surface area contributed by atoms with E-state index in [0.29, 0.717) is 17.8 Å². The highest BCUT2D eigenvalue weighted by atomic mass is 16.5. The first kappa shape index (κ1) is 14.4. The maximum Gasteiger partial charge on any atom is 0.411 e. The van der Waals surface area contributed by atoms with Gasteiger partial charge in [-0.2, -0.15) is 5.26 Å². The van der Waals surface area contributed by atoms with Crippen LogP contribution in [0.5, 0.6) is 0 Å². The molecule has 0 unspecified atom stereocenters. The number of carbonyl (C=O) groups is 1. The molecule has 2 aromatic rings. The smallest absolute Gasteiger partial charge is 0.411 e. The Labute approximate surface area is 123 Å². The van der Waals surface area contributed by atoms with Gasteiger partial charge in [0.2, 0.25) is 0 Å². The van der Waals surface area contributed by atoms with Crippen molar-refractivity contribution >= 4 is 17.5 Å². The van der Waals surface area contributed by atoms with E-state index in [1.54, 1.807) is 18.2 Å². The predicted molar refractivity (Wildman–Crippen MR) is 81.0 cm³/mol. The molecule has 0 aromatic heterocycles. The second-order valence-electron chi connectivity index (χ2n) is 4.32. The largest absolute Gasteiger partial charge is 0.453 e. The maximum absolute atomic E-state index is 11.1. The van der Waals surface area contributed by atoms with Crippen LogP contribution in [0.15, 0.2) is 48.5 Å². The lowest BCUT2D eigenvalue weighted by Gasteiger charge is -2.09. The minimum atomic E-state index is -0.501. The van der Waals surface area contributed by atoms with Crippen LogP contribution in [0.3, 0.4) is 0 Å². The fourth-order valence-electron chi connectivity index (χ4n) is 1.82. The molecule has 0 aliphatic carbocycles. The molecule has 0 saturated carbocycles. The van der Waals surface area contributed by atoms with E-state index in [-0.39, 0.29) is 0 Å². The molecular weight excluding hydrogens is 266 g/mol. The Morgan fingerprint density at radius 2 is 1.81 bits per heavy atom. The molecule has 0 heterocycles. The SMILES string of the molecule is COC(=O)Nc1ccc(NCc2ccccc2C#N)cc1. The number of carbonyl (C=O) groups excluding carboxylic acids is 1. The van der Waals surface area contributed by atoms with Crippen LogP contribution < -0.4 is 10.6 Å². The number of nitrogens with one attached hydrogen (secondary N) is 2. The van der Waals surface area contributed by atoms with Crippen LogP contribution in [-0.2, 0) is 11.3 Å². The summed E-state index contributed by atoms with van der Waals surface area (Å²) in [5, 5.41) is 14.8. The molecule has 0 atom stereocenters. The van der Waals surface area contributed by atoms with Gasteiger partial charge >= 0.3 is 6.09 Å². The molecule has 5 heteroatoms. The Morgan fingerprint density at radius 1 is 1.14 bits per heavy atom. The molecule has 2 rings (SSSR count). The van der Waals surface area contributed by atoms with E-state index >= 15 is 0 Å². The molecule has 0 aliphatic heterocycles. The third kappa shape index (κ3) is 3.98. The van der Waals surface area contributed by atoms with Crippen molar-refractivity contribution in [2.75, 3.05) is 17.7 Å². The Bertz CT molecular complexity index is 660. The summed E-state index contributed by atoms with van der Waals surface area (Å²) >= 11 is 0. The van der Waals surface area contributed by atoms with Gasteiger partial charge in [0.1, 0.15) is 0 Å². The standard InChI is InChI=1S/C16H15N3O2/c1-21-16(20)19-15-8-6-14(7-9-15)18-11-13-5-3-2-4-12(13)10-17/h2-9,18H,11H2,1H3,(H,19,20). The van der Waals surface area contributed by atoms with E-state index in [0.717, 1.165) is 11.3 Å². The van der Waals surface area contributed by atoms with E-state index in [2.05, 4.69) is 21.4 Å². The summed E-state index contributed by atoms with van der Waals surface area (Å²) in [5.74, 6) is 0. The van der Waals surface area contributed by atoms with Gasteiger partial charge in [-0.25, -0.2) is 4.79 Å². The number of methoxy groups -OCH3 is 1. The number of nitriles is 1. The van der Waals surface area contributed by atoms with Crippen molar-refractivity contribution in [1.29, 1.82) is 5.26 Å².